The van der Waals surface area contributed by atoms with Crippen molar-refractivity contribution in [3.05, 3.63) is 40.1 Å². The molecule has 0 unspecified atom stereocenters. The number of imidazole rings is 1. The molecular formula is C10H9BrClN3O. The summed E-state index contributed by atoms with van der Waals surface area (Å²) in [5.41, 5.74) is 0. The molecular weight excluding hydrogens is 293 g/mol. The predicted molar refractivity (Wildman–Crippen MR) is 64.5 cm³/mol. The highest BCUT2D eigenvalue weighted by molar-refractivity contribution is 9.10. The summed E-state index contributed by atoms with van der Waals surface area (Å²) in [5.74, 6) is 1.45. The highest BCUT2D eigenvalue weighted by atomic mass is 79.9. The molecule has 0 aromatic carbocycles. The van der Waals surface area contributed by atoms with E-state index in [-0.39, 0.29) is 0 Å². The van der Waals surface area contributed by atoms with Gasteiger partial charge in [-0.25, -0.2) is 9.97 Å². The van der Waals surface area contributed by atoms with E-state index in [4.69, 9.17) is 16.3 Å². The molecule has 6 heteroatoms. The van der Waals surface area contributed by atoms with E-state index >= 15 is 0 Å². The Balaban J connectivity index is 2.08. The number of ether oxygens (including phenoxy) is 1. The first kappa shape index (κ1) is 11.4. The Hall–Kier alpha value is -1.07. The Bertz CT molecular complexity index is 501. The number of aromatic nitrogens is 3. The van der Waals surface area contributed by atoms with Crippen LogP contribution >= 0.6 is 27.5 Å². The molecule has 0 saturated heterocycles. The van der Waals surface area contributed by atoms with Crippen LogP contribution < -0.4 is 4.74 Å². The topological polar surface area (TPSA) is 39.9 Å². The van der Waals surface area contributed by atoms with Gasteiger partial charge < -0.3 is 9.30 Å². The van der Waals surface area contributed by atoms with Crippen LogP contribution in [-0.2, 0) is 13.7 Å². The van der Waals surface area contributed by atoms with Gasteiger partial charge in [-0.05, 0) is 28.1 Å². The average molecular weight is 303 g/mol. The van der Waals surface area contributed by atoms with Crippen molar-refractivity contribution < 1.29 is 4.74 Å². The number of rotatable bonds is 3. The van der Waals surface area contributed by atoms with Crippen molar-refractivity contribution in [2.24, 2.45) is 7.05 Å². The summed E-state index contributed by atoms with van der Waals surface area (Å²) < 4.78 is 8.01. The van der Waals surface area contributed by atoms with Gasteiger partial charge in [0.15, 0.2) is 5.75 Å². The van der Waals surface area contributed by atoms with Crippen LogP contribution in [-0.4, -0.2) is 14.5 Å². The Labute approximate surface area is 106 Å². The Morgan fingerprint density at radius 3 is 2.94 bits per heavy atom. The fraction of sp³-hybridized carbons (Fsp3) is 0.200. The van der Waals surface area contributed by atoms with Crippen LogP contribution in [0.1, 0.15) is 5.82 Å². The Morgan fingerprint density at radius 1 is 1.50 bits per heavy atom. The molecule has 0 N–H and O–H groups in total. The molecule has 2 rings (SSSR count). The highest BCUT2D eigenvalue weighted by Gasteiger charge is 2.06. The molecule has 0 aliphatic heterocycles. The van der Waals surface area contributed by atoms with Crippen LogP contribution in [0, 0.1) is 0 Å². The second kappa shape index (κ2) is 4.84. The lowest BCUT2D eigenvalue weighted by molar-refractivity contribution is 0.288. The van der Waals surface area contributed by atoms with Crippen molar-refractivity contribution in [3.63, 3.8) is 0 Å². The summed E-state index contributed by atoms with van der Waals surface area (Å²) in [6.45, 7) is 0.355. The lowest BCUT2D eigenvalue weighted by Crippen LogP contribution is -2.04. The third-order valence-electron chi connectivity index (χ3n) is 2.11. The van der Waals surface area contributed by atoms with Crippen LogP contribution in [0.5, 0.6) is 5.75 Å². The van der Waals surface area contributed by atoms with E-state index in [2.05, 4.69) is 25.9 Å². The van der Waals surface area contributed by atoms with E-state index in [1.807, 2.05) is 19.2 Å². The van der Waals surface area contributed by atoms with Crippen molar-refractivity contribution in [1.82, 2.24) is 14.5 Å². The van der Waals surface area contributed by atoms with Crippen molar-refractivity contribution >= 4 is 27.5 Å². The van der Waals surface area contributed by atoms with Gasteiger partial charge >= 0.3 is 0 Å². The Kier molecular flexibility index (Phi) is 3.46. The molecule has 2 aromatic heterocycles. The van der Waals surface area contributed by atoms with E-state index in [0.717, 1.165) is 5.82 Å². The molecule has 2 heterocycles. The quantitative estimate of drug-likeness (QED) is 0.819. The van der Waals surface area contributed by atoms with E-state index in [1.165, 1.54) is 0 Å². The summed E-state index contributed by atoms with van der Waals surface area (Å²) in [7, 11) is 1.84. The summed E-state index contributed by atoms with van der Waals surface area (Å²) in [6, 6.07) is 3.65. The van der Waals surface area contributed by atoms with Gasteiger partial charge in [0, 0.05) is 13.2 Å². The molecule has 0 aliphatic rings. The first-order chi connectivity index (χ1) is 7.68. The third-order valence-corrected chi connectivity index (χ3v) is 3.06. The molecule has 0 radical (unpaired) electrons. The minimum atomic E-state index is 0.355. The molecule has 0 spiro atoms. The van der Waals surface area contributed by atoms with Gasteiger partial charge in [0.25, 0.3) is 0 Å². The first-order valence-electron chi connectivity index (χ1n) is 4.58. The van der Waals surface area contributed by atoms with Gasteiger partial charge in [-0.15, -0.1) is 0 Å². The predicted octanol–water partition coefficient (Wildman–Crippen LogP) is 2.81. The fourth-order valence-corrected chi connectivity index (χ4v) is 1.69. The molecule has 0 aliphatic carbocycles. The maximum atomic E-state index is 5.87. The van der Waals surface area contributed by atoms with E-state index in [0.29, 0.717) is 22.1 Å². The monoisotopic (exact) mass is 301 g/mol. The SMILES string of the molecule is Cn1c(Cl)cnc1COc1cccnc1Br. The minimum Gasteiger partial charge on any atom is -0.483 e. The maximum absolute atomic E-state index is 5.87. The fourth-order valence-electron chi connectivity index (χ4n) is 1.18. The molecule has 4 nitrogen and oxygen atoms in total. The summed E-state index contributed by atoms with van der Waals surface area (Å²) in [6.07, 6.45) is 3.28. The average Bonchev–Trinajstić information content (AvgIpc) is 2.59. The molecule has 0 bridgehead atoms. The molecule has 0 atom stereocenters. The van der Waals surface area contributed by atoms with Crippen LogP contribution in [0.2, 0.25) is 5.15 Å². The number of pyridine rings is 1. The molecule has 84 valence electrons. The molecule has 2 aromatic rings. The normalized spacial score (nSPS) is 10.4. The number of hydrogen-bond acceptors (Lipinski definition) is 3. The van der Waals surface area contributed by atoms with Crippen LogP contribution in [0.3, 0.4) is 0 Å². The molecule has 0 saturated carbocycles. The number of hydrogen-bond donors (Lipinski definition) is 0. The van der Waals surface area contributed by atoms with Gasteiger partial charge in [0.1, 0.15) is 22.2 Å². The number of halogens is 2. The van der Waals surface area contributed by atoms with E-state index in [9.17, 15) is 0 Å². The second-order valence-corrected chi connectivity index (χ2v) is 4.28. The standard InChI is InChI=1S/C10H9BrClN3O/c1-15-8(12)5-14-9(15)6-16-7-3-2-4-13-10(7)11/h2-5H,6H2,1H3. The van der Waals surface area contributed by atoms with Crippen molar-refractivity contribution in [3.8, 4) is 5.75 Å². The summed E-state index contributed by atoms with van der Waals surface area (Å²) >= 11 is 9.17. The van der Waals surface area contributed by atoms with Gasteiger partial charge in [-0.3, -0.25) is 0 Å². The number of nitrogens with zero attached hydrogens (tertiary/aromatic N) is 3. The van der Waals surface area contributed by atoms with Crippen LogP contribution in [0.25, 0.3) is 0 Å². The van der Waals surface area contributed by atoms with Gasteiger partial charge in [-0.1, -0.05) is 11.6 Å². The van der Waals surface area contributed by atoms with E-state index in [1.54, 1.807) is 17.0 Å². The minimum absolute atomic E-state index is 0.355. The highest BCUT2D eigenvalue weighted by Crippen LogP contribution is 2.22. The van der Waals surface area contributed by atoms with Crippen molar-refractivity contribution in [1.29, 1.82) is 0 Å². The summed E-state index contributed by atoms with van der Waals surface area (Å²) in [4.78, 5) is 8.19. The zero-order chi connectivity index (χ0) is 11.5. The summed E-state index contributed by atoms with van der Waals surface area (Å²) in [5, 5.41) is 0.587. The lowest BCUT2D eigenvalue weighted by Gasteiger charge is -2.07. The van der Waals surface area contributed by atoms with Crippen LogP contribution in [0.15, 0.2) is 29.1 Å². The zero-order valence-electron chi connectivity index (χ0n) is 8.52. The van der Waals surface area contributed by atoms with Gasteiger partial charge in [0.2, 0.25) is 0 Å². The lowest BCUT2D eigenvalue weighted by atomic mass is 10.5. The Morgan fingerprint density at radius 2 is 2.31 bits per heavy atom. The van der Waals surface area contributed by atoms with Gasteiger partial charge in [0.05, 0.1) is 6.20 Å². The molecule has 0 amide bonds. The largest absolute Gasteiger partial charge is 0.483 e. The van der Waals surface area contributed by atoms with Crippen molar-refractivity contribution in [2.45, 2.75) is 6.61 Å². The van der Waals surface area contributed by atoms with Gasteiger partial charge in [-0.2, -0.15) is 0 Å². The second-order valence-electron chi connectivity index (χ2n) is 3.14. The van der Waals surface area contributed by atoms with Crippen LogP contribution in [0.4, 0.5) is 0 Å². The maximum Gasteiger partial charge on any atom is 0.152 e. The van der Waals surface area contributed by atoms with Crippen molar-refractivity contribution in [2.75, 3.05) is 0 Å². The first-order valence-corrected chi connectivity index (χ1v) is 5.75. The smallest absolute Gasteiger partial charge is 0.152 e. The third kappa shape index (κ3) is 2.36. The zero-order valence-corrected chi connectivity index (χ0v) is 10.9. The molecule has 16 heavy (non-hydrogen) atoms. The van der Waals surface area contributed by atoms with E-state index < -0.39 is 0 Å². The molecule has 0 fully saturated rings.